The SMILES string of the molecule is COC(=O)C(CC(C)C)NC(=O)Cc1csc(NS(=O)(=O)c2ccccc2)n1. The molecule has 2 rings (SSSR count). The third-order valence-electron chi connectivity index (χ3n) is 3.70. The number of nitrogens with one attached hydrogen (secondary N) is 2. The predicted molar refractivity (Wildman–Crippen MR) is 106 cm³/mol. The largest absolute Gasteiger partial charge is 0.467 e. The maximum absolute atomic E-state index is 12.3. The van der Waals surface area contributed by atoms with E-state index in [0.717, 1.165) is 11.3 Å². The van der Waals surface area contributed by atoms with Gasteiger partial charge in [0.15, 0.2) is 5.13 Å². The van der Waals surface area contributed by atoms with Crippen molar-refractivity contribution >= 4 is 38.4 Å². The highest BCUT2D eigenvalue weighted by Crippen LogP contribution is 2.20. The van der Waals surface area contributed by atoms with Crippen molar-refractivity contribution < 1.29 is 22.7 Å². The first-order valence-corrected chi connectivity index (χ1v) is 11.0. The number of carbonyl (C=O) groups excluding carboxylic acids is 2. The minimum Gasteiger partial charge on any atom is -0.467 e. The van der Waals surface area contributed by atoms with E-state index in [0.29, 0.717) is 12.1 Å². The summed E-state index contributed by atoms with van der Waals surface area (Å²) in [4.78, 5) is 28.3. The van der Waals surface area contributed by atoms with E-state index in [9.17, 15) is 18.0 Å². The van der Waals surface area contributed by atoms with E-state index in [1.165, 1.54) is 19.2 Å². The number of amides is 1. The number of nitrogens with zero attached hydrogens (tertiary/aromatic N) is 1. The molecule has 1 atom stereocenters. The van der Waals surface area contributed by atoms with Gasteiger partial charge in [-0.1, -0.05) is 32.0 Å². The van der Waals surface area contributed by atoms with Crippen molar-refractivity contribution in [2.75, 3.05) is 11.8 Å². The van der Waals surface area contributed by atoms with Crippen molar-refractivity contribution in [1.82, 2.24) is 10.3 Å². The van der Waals surface area contributed by atoms with Crippen LogP contribution in [0.4, 0.5) is 5.13 Å². The zero-order chi connectivity index (χ0) is 20.7. The average Bonchev–Trinajstić information content (AvgIpc) is 3.06. The fourth-order valence-corrected chi connectivity index (χ4v) is 4.43. The van der Waals surface area contributed by atoms with E-state index in [4.69, 9.17) is 4.74 Å². The molecule has 0 spiro atoms. The molecule has 0 bridgehead atoms. The lowest BCUT2D eigenvalue weighted by Crippen LogP contribution is -2.43. The molecule has 2 N–H and O–H groups in total. The van der Waals surface area contributed by atoms with Crippen LogP contribution < -0.4 is 10.0 Å². The molecular formula is C18H23N3O5S2. The molecule has 0 aliphatic carbocycles. The number of hydrogen-bond acceptors (Lipinski definition) is 7. The number of benzene rings is 1. The summed E-state index contributed by atoms with van der Waals surface area (Å²) < 4.78 is 31.7. The Balaban J connectivity index is 2.00. The van der Waals surface area contributed by atoms with Crippen LogP contribution in [0.25, 0.3) is 0 Å². The van der Waals surface area contributed by atoms with Crippen LogP contribution in [0.1, 0.15) is 26.0 Å². The van der Waals surface area contributed by atoms with Crippen molar-refractivity contribution in [3.05, 3.63) is 41.4 Å². The minimum absolute atomic E-state index is 0.0743. The topological polar surface area (TPSA) is 114 Å². The normalized spacial score (nSPS) is 12.4. The number of ether oxygens (including phenoxy) is 1. The standard InChI is InChI=1S/C18H23N3O5S2/c1-12(2)9-15(17(23)26-3)20-16(22)10-13-11-27-18(19-13)21-28(24,25)14-7-5-4-6-8-14/h4-8,11-12,15H,9-10H2,1-3H3,(H,19,21)(H,20,22). The maximum Gasteiger partial charge on any atom is 0.328 e. The van der Waals surface area contributed by atoms with Crippen molar-refractivity contribution in [2.45, 2.75) is 37.6 Å². The lowest BCUT2D eigenvalue weighted by molar-refractivity contribution is -0.145. The summed E-state index contributed by atoms with van der Waals surface area (Å²) in [5, 5.41) is 4.40. The van der Waals surface area contributed by atoms with Crippen molar-refractivity contribution in [3.63, 3.8) is 0 Å². The molecule has 0 saturated carbocycles. The first-order valence-electron chi connectivity index (χ1n) is 8.60. The number of esters is 1. The predicted octanol–water partition coefficient (Wildman–Crippen LogP) is 2.19. The Bertz CT molecular complexity index is 910. The molecule has 0 saturated heterocycles. The molecule has 8 nitrogen and oxygen atoms in total. The van der Waals surface area contributed by atoms with Crippen LogP contribution >= 0.6 is 11.3 Å². The molecule has 0 aliphatic rings. The molecule has 1 unspecified atom stereocenters. The second-order valence-corrected chi connectivity index (χ2v) is 9.05. The summed E-state index contributed by atoms with van der Waals surface area (Å²) in [6.07, 6.45) is 0.382. The Morgan fingerprint density at radius 1 is 1.21 bits per heavy atom. The lowest BCUT2D eigenvalue weighted by Gasteiger charge is -2.18. The zero-order valence-corrected chi connectivity index (χ0v) is 17.5. The van der Waals surface area contributed by atoms with Gasteiger partial charge in [0, 0.05) is 5.38 Å². The van der Waals surface area contributed by atoms with Crippen LogP contribution in [-0.2, 0) is 30.8 Å². The molecule has 152 valence electrons. The number of rotatable bonds is 9. The molecule has 28 heavy (non-hydrogen) atoms. The van der Waals surface area contributed by atoms with E-state index in [2.05, 4.69) is 15.0 Å². The number of thiazole rings is 1. The van der Waals surface area contributed by atoms with E-state index < -0.39 is 22.0 Å². The summed E-state index contributed by atoms with van der Waals surface area (Å²) in [5.74, 6) is -0.696. The quantitative estimate of drug-likeness (QED) is 0.595. The monoisotopic (exact) mass is 425 g/mol. The molecule has 2 aromatic rings. The van der Waals surface area contributed by atoms with Crippen molar-refractivity contribution in [1.29, 1.82) is 0 Å². The fraction of sp³-hybridized carbons (Fsp3) is 0.389. The number of aromatic nitrogens is 1. The number of carbonyl (C=O) groups is 2. The third kappa shape index (κ3) is 6.31. The smallest absolute Gasteiger partial charge is 0.328 e. The summed E-state index contributed by atoms with van der Waals surface area (Å²) in [6, 6.07) is 7.20. The summed E-state index contributed by atoms with van der Waals surface area (Å²) in [7, 11) is -2.47. The van der Waals surface area contributed by atoms with E-state index in [1.54, 1.807) is 23.6 Å². The van der Waals surface area contributed by atoms with Crippen LogP contribution in [-0.4, -0.2) is 38.4 Å². The molecule has 0 aliphatic heterocycles. The van der Waals surface area contributed by atoms with Gasteiger partial charge in [-0.25, -0.2) is 18.2 Å². The molecular weight excluding hydrogens is 402 g/mol. The van der Waals surface area contributed by atoms with E-state index in [-0.39, 0.29) is 28.3 Å². The maximum atomic E-state index is 12.3. The molecule has 1 aromatic carbocycles. The second-order valence-electron chi connectivity index (χ2n) is 6.51. The first kappa shape index (κ1) is 21.8. The Morgan fingerprint density at radius 2 is 1.89 bits per heavy atom. The van der Waals surface area contributed by atoms with Crippen LogP contribution in [0.15, 0.2) is 40.6 Å². The van der Waals surface area contributed by atoms with Crippen LogP contribution in [0.5, 0.6) is 0 Å². The Hall–Kier alpha value is -2.46. The van der Waals surface area contributed by atoms with Gasteiger partial charge in [-0.2, -0.15) is 0 Å². The van der Waals surface area contributed by atoms with Crippen molar-refractivity contribution in [2.24, 2.45) is 5.92 Å². The van der Waals surface area contributed by atoms with Gasteiger partial charge in [0.1, 0.15) is 6.04 Å². The molecule has 1 heterocycles. The Morgan fingerprint density at radius 3 is 2.50 bits per heavy atom. The number of methoxy groups -OCH3 is 1. The van der Waals surface area contributed by atoms with Gasteiger partial charge in [-0.15, -0.1) is 11.3 Å². The van der Waals surface area contributed by atoms with Gasteiger partial charge >= 0.3 is 5.97 Å². The highest BCUT2D eigenvalue weighted by molar-refractivity contribution is 7.93. The average molecular weight is 426 g/mol. The van der Waals surface area contributed by atoms with Gasteiger partial charge in [-0.3, -0.25) is 9.52 Å². The van der Waals surface area contributed by atoms with Crippen LogP contribution in [0.3, 0.4) is 0 Å². The fourth-order valence-electron chi connectivity index (χ4n) is 2.45. The highest BCUT2D eigenvalue weighted by Gasteiger charge is 2.23. The first-order chi connectivity index (χ1) is 13.2. The molecule has 0 fully saturated rings. The Kier molecular flexibility index (Phi) is 7.53. The number of anilines is 1. The molecule has 0 radical (unpaired) electrons. The van der Waals surface area contributed by atoms with E-state index in [1.807, 2.05) is 13.8 Å². The van der Waals surface area contributed by atoms with Gasteiger partial charge in [0.05, 0.1) is 24.1 Å². The van der Waals surface area contributed by atoms with Gasteiger partial charge in [0.2, 0.25) is 5.91 Å². The lowest BCUT2D eigenvalue weighted by atomic mass is 10.0. The number of hydrogen-bond donors (Lipinski definition) is 2. The highest BCUT2D eigenvalue weighted by atomic mass is 32.2. The van der Waals surface area contributed by atoms with Crippen LogP contribution in [0, 0.1) is 5.92 Å². The minimum atomic E-state index is -3.74. The Labute approximate surface area is 168 Å². The summed E-state index contributed by atoms with van der Waals surface area (Å²) >= 11 is 1.08. The third-order valence-corrected chi connectivity index (χ3v) is 5.99. The van der Waals surface area contributed by atoms with Crippen LogP contribution in [0.2, 0.25) is 0 Å². The molecule has 1 amide bonds. The summed E-state index contributed by atoms with van der Waals surface area (Å²) in [6.45, 7) is 3.88. The summed E-state index contributed by atoms with van der Waals surface area (Å²) in [5.41, 5.74) is 0.404. The number of sulfonamides is 1. The molecule has 10 heteroatoms. The zero-order valence-electron chi connectivity index (χ0n) is 15.8. The van der Waals surface area contributed by atoms with Gasteiger partial charge in [0.25, 0.3) is 10.0 Å². The van der Waals surface area contributed by atoms with E-state index >= 15 is 0 Å². The van der Waals surface area contributed by atoms with Gasteiger partial charge in [-0.05, 0) is 24.5 Å². The van der Waals surface area contributed by atoms with Gasteiger partial charge < -0.3 is 10.1 Å². The molecule has 1 aromatic heterocycles. The van der Waals surface area contributed by atoms with Crippen molar-refractivity contribution in [3.8, 4) is 0 Å². The second kappa shape index (κ2) is 9.65.